The first-order chi connectivity index (χ1) is 8.28. The van der Waals surface area contributed by atoms with Gasteiger partial charge in [0, 0.05) is 11.1 Å². The lowest BCUT2D eigenvalue weighted by Crippen LogP contribution is -2.47. The number of nitrogens with one attached hydrogen (secondary N) is 2. The molecule has 0 fully saturated rings. The van der Waals surface area contributed by atoms with Crippen molar-refractivity contribution in [2.45, 2.75) is 26.3 Å². The molecule has 18 heavy (non-hydrogen) atoms. The van der Waals surface area contributed by atoms with E-state index in [0.29, 0.717) is 5.56 Å². The van der Waals surface area contributed by atoms with Crippen LogP contribution in [0.15, 0.2) is 24.3 Å². The van der Waals surface area contributed by atoms with Crippen molar-refractivity contribution in [1.29, 1.82) is 0 Å². The van der Waals surface area contributed by atoms with Crippen LogP contribution in [0.2, 0.25) is 0 Å². The first-order valence-corrected chi connectivity index (χ1v) is 5.63. The van der Waals surface area contributed by atoms with Gasteiger partial charge in [-0.05, 0) is 45.0 Å². The molecular formula is C13H17FN2O2. The fraction of sp³-hybridized carbons (Fsp3) is 0.385. The molecule has 0 saturated carbocycles. The average molecular weight is 252 g/mol. The molecule has 5 heteroatoms. The molecule has 0 saturated heterocycles. The molecule has 1 rings (SSSR count). The summed E-state index contributed by atoms with van der Waals surface area (Å²) in [5.41, 5.74) is 0.00989. The van der Waals surface area contributed by atoms with Gasteiger partial charge in [-0.2, -0.15) is 0 Å². The lowest BCUT2D eigenvalue weighted by Gasteiger charge is -2.20. The van der Waals surface area contributed by atoms with E-state index in [1.54, 1.807) is 0 Å². The highest BCUT2D eigenvalue weighted by Crippen LogP contribution is 2.03. The molecule has 0 aliphatic carbocycles. The maximum absolute atomic E-state index is 12.7. The number of rotatable bonds is 3. The van der Waals surface area contributed by atoms with Gasteiger partial charge in [0.25, 0.3) is 0 Å². The Bertz CT molecular complexity index is 435. The van der Waals surface area contributed by atoms with Crippen molar-refractivity contribution in [2.24, 2.45) is 0 Å². The number of hydrogen-bond acceptors (Lipinski definition) is 2. The second-order valence-corrected chi connectivity index (χ2v) is 4.99. The van der Waals surface area contributed by atoms with Crippen molar-refractivity contribution in [3.8, 4) is 0 Å². The SMILES string of the molecule is CC(C)(C)NC(=O)NCC(=O)c1ccc(F)cc1. The predicted octanol–water partition coefficient (Wildman–Crippen LogP) is 2.11. The van der Waals surface area contributed by atoms with Crippen LogP contribution < -0.4 is 10.6 Å². The van der Waals surface area contributed by atoms with Crippen LogP contribution in [0.3, 0.4) is 0 Å². The summed E-state index contributed by atoms with van der Waals surface area (Å²) in [5, 5.41) is 5.13. The number of urea groups is 1. The molecule has 0 atom stereocenters. The Morgan fingerprint density at radius 2 is 1.72 bits per heavy atom. The number of carbonyl (C=O) groups excluding carboxylic acids is 2. The summed E-state index contributed by atoms with van der Waals surface area (Å²) in [6.07, 6.45) is 0. The molecule has 0 radical (unpaired) electrons. The first kappa shape index (κ1) is 14.2. The maximum Gasteiger partial charge on any atom is 0.315 e. The Morgan fingerprint density at radius 1 is 1.17 bits per heavy atom. The fourth-order valence-electron chi connectivity index (χ4n) is 1.28. The van der Waals surface area contributed by atoms with Gasteiger partial charge in [-0.3, -0.25) is 4.79 Å². The minimum absolute atomic E-state index is 0.118. The Balaban J connectivity index is 2.47. The van der Waals surface area contributed by atoms with E-state index in [9.17, 15) is 14.0 Å². The van der Waals surface area contributed by atoms with Crippen molar-refractivity contribution >= 4 is 11.8 Å². The van der Waals surface area contributed by atoms with E-state index in [2.05, 4.69) is 10.6 Å². The molecule has 0 unspecified atom stereocenters. The molecule has 98 valence electrons. The molecular weight excluding hydrogens is 235 g/mol. The van der Waals surface area contributed by atoms with Gasteiger partial charge in [-0.15, -0.1) is 0 Å². The van der Waals surface area contributed by atoms with Crippen LogP contribution >= 0.6 is 0 Å². The Morgan fingerprint density at radius 3 is 2.22 bits per heavy atom. The highest BCUT2D eigenvalue weighted by molar-refractivity contribution is 5.99. The normalized spacial score (nSPS) is 10.9. The van der Waals surface area contributed by atoms with E-state index < -0.39 is 11.8 Å². The molecule has 2 amide bonds. The van der Waals surface area contributed by atoms with Gasteiger partial charge in [-0.25, -0.2) is 9.18 Å². The lowest BCUT2D eigenvalue weighted by molar-refractivity contribution is 0.0991. The summed E-state index contributed by atoms with van der Waals surface area (Å²) in [5.74, 6) is -0.663. The largest absolute Gasteiger partial charge is 0.334 e. The van der Waals surface area contributed by atoms with Crippen molar-refractivity contribution in [3.05, 3.63) is 35.6 Å². The van der Waals surface area contributed by atoms with Gasteiger partial charge in [0.15, 0.2) is 5.78 Å². The third kappa shape index (κ3) is 4.95. The van der Waals surface area contributed by atoms with Gasteiger partial charge in [0.1, 0.15) is 5.82 Å². The minimum atomic E-state index is -0.405. The van der Waals surface area contributed by atoms with Crippen LogP contribution in [0.25, 0.3) is 0 Å². The summed E-state index contributed by atoms with van der Waals surface area (Å²) in [4.78, 5) is 23.1. The zero-order valence-corrected chi connectivity index (χ0v) is 10.7. The van der Waals surface area contributed by atoms with Crippen LogP contribution in [-0.2, 0) is 0 Å². The van der Waals surface area contributed by atoms with E-state index in [0.717, 1.165) is 0 Å². The zero-order chi connectivity index (χ0) is 13.8. The average Bonchev–Trinajstić information content (AvgIpc) is 2.24. The predicted molar refractivity (Wildman–Crippen MR) is 67.0 cm³/mol. The Hall–Kier alpha value is -1.91. The Labute approximate surface area is 106 Å². The summed E-state index contributed by atoms with van der Waals surface area (Å²) >= 11 is 0. The van der Waals surface area contributed by atoms with Crippen LogP contribution in [0.5, 0.6) is 0 Å². The van der Waals surface area contributed by atoms with Crippen molar-refractivity contribution in [1.82, 2.24) is 10.6 Å². The number of carbonyl (C=O) groups is 2. The topological polar surface area (TPSA) is 58.2 Å². The fourth-order valence-corrected chi connectivity index (χ4v) is 1.28. The molecule has 0 aliphatic heterocycles. The number of benzene rings is 1. The van der Waals surface area contributed by atoms with Crippen molar-refractivity contribution in [2.75, 3.05) is 6.54 Å². The zero-order valence-electron chi connectivity index (χ0n) is 10.7. The van der Waals surface area contributed by atoms with Crippen molar-refractivity contribution in [3.63, 3.8) is 0 Å². The van der Waals surface area contributed by atoms with E-state index in [-0.39, 0.29) is 17.9 Å². The summed E-state index contributed by atoms with van der Waals surface area (Å²) in [6.45, 7) is 5.41. The Kier molecular flexibility index (Phi) is 4.42. The quantitative estimate of drug-likeness (QED) is 0.809. The van der Waals surface area contributed by atoms with Gasteiger partial charge < -0.3 is 10.6 Å². The number of hydrogen-bond donors (Lipinski definition) is 2. The molecule has 0 bridgehead atoms. The van der Waals surface area contributed by atoms with Crippen LogP contribution in [0.4, 0.5) is 9.18 Å². The molecule has 0 heterocycles. The molecule has 2 N–H and O–H groups in total. The number of ketones is 1. The molecule has 4 nitrogen and oxygen atoms in total. The van der Waals surface area contributed by atoms with E-state index in [4.69, 9.17) is 0 Å². The van der Waals surface area contributed by atoms with Gasteiger partial charge >= 0.3 is 6.03 Å². The van der Waals surface area contributed by atoms with Crippen LogP contribution in [0, 0.1) is 5.82 Å². The minimum Gasteiger partial charge on any atom is -0.334 e. The highest BCUT2D eigenvalue weighted by Gasteiger charge is 2.14. The second-order valence-electron chi connectivity index (χ2n) is 4.99. The smallest absolute Gasteiger partial charge is 0.315 e. The lowest BCUT2D eigenvalue weighted by atomic mass is 10.1. The number of amides is 2. The summed E-state index contributed by atoms with van der Waals surface area (Å²) in [6, 6.07) is 4.80. The maximum atomic E-state index is 12.7. The third-order valence-corrected chi connectivity index (χ3v) is 2.06. The van der Waals surface area contributed by atoms with E-state index in [1.807, 2.05) is 20.8 Å². The second kappa shape index (κ2) is 5.62. The van der Waals surface area contributed by atoms with Crippen molar-refractivity contribution < 1.29 is 14.0 Å². The monoisotopic (exact) mass is 252 g/mol. The number of Topliss-reactive ketones (excluding diaryl/α,β-unsaturated/α-hetero) is 1. The first-order valence-electron chi connectivity index (χ1n) is 5.63. The summed E-state index contributed by atoms with van der Waals surface area (Å²) < 4.78 is 12.7. The highest BCUT2D eigenvalue weighted by atomic mass is 19.1. The molecule has 0 spiro atoms. The third-order valence-electron chi connectivity index (χ3n) is 2.06. The molecule has 0 aromatic heterocycles. The number of halogens is 1. The van der Waals surface area contributed by atoms with E-state index in [1.165, 1.54) is 24.3 Å². The summed E-state index contributed by atoms with van der Waals surface area (Å²) in [7, 11) is 0. The van der Waals surface area contributed by atoms with Gasteiger partial charge in [-0.1, -0.05) is 0 Å². The molecule has 0 aliphatic rings. The molecule has 1 aromatic rings. The van der Waals surface area contributed by atoms with E-state index >= 15 is 0 Å². The van der Waals surface area contributed by atoms with Crippen LogP contribution in [0.1, 0.15) is 31.1 Å². The molecule has 1 aromatic carbocycles. The van der Waals surface area contributed by atoms with Gasteiger partial charge in [0.05, 0.1) is 6.54 Å². The standard InChI is InChI=1S/C13H17FN2O2/c1-13(2,3)16-12(18)15-8-11(17)9-4-6-10(14)7-5-9/h4-7H,8H2,1-3H3,(H2,15,16,18). The van der Waals surface area contributed by atoms with Crippen LogP contribution in [-0.4, -0.2) is 23.9 Å². The van der Waals surface area contributed by atoms with Gasteiger partial charge in [0.2, 0.25) is 0 Å².